The molecule has 7 nitrogen and oxygen atoms in total. The van der Waals surface area contributed by atoms with Gasteiger partial charge in [-0.3, -0.25) is 14.8 Å². The molecule has 4 aromatic rings. The number of halogens is 1. The summed E-state index contributed by atoms with van der Waals surface area (Å²) in [4.78, 5) is 21.4. The summed E-state index contributed by atoms with van der Waals surface area (Å²) >= 11 is 3.30. The van der Waals surface area contributed by atoms with E-state index in [9.17, 15) is 13.2 Å². The van der Waals surface area contributed by atoms with E-state index in [1.54, 1.807) is 67.0 Å². The Balaban J connectivity index is 1.55. The Bertz CT molecular complexity index is 1350. The average molecular weight is 511 g/mol. The van der Waals surface area contributed by atoms with Gasteiger partial charge in [0.1, 0.15) is 0 Å². The summed E-state index contributed by atoms with van der Waals surface area (Å²) in [5, 5.41) is 2.82. The molecule has 0 saturated carbocycles. The van der Waals surface area contributed by atoms with Crippen molar-refractivity contribution in [3.05, 3.63) is 95.2 Å². The number of hydrogen-bond acceptors (Lipinski definition) is 5. The molecule has 1 atom stereocenters. The molecular formula is C23H19BrN4O3S. The largest absolute Gasteiger partial charge is 0.326 e. The van der Waals surface area contributed by atoms with E-state index >= 15 is 0 Å². The van der Waals surface area contributed by atoms with Gasteiger partial charge in [0.15, 0.2) is 0 Å². The Hall–Kier alpha value is -3.14. The van der Waals surface area contributed by atoms with Gasteiger partial charge in [0.25, 0.3) is 0 Å². The smallest absolute Gasteiger partial charge is 0.241 e. The maximum absolute atomic E-state index is 12.9. The zero-order valence-electron chi connectivity index (χ0n) is 16.8. The number of rotatable bonds is 7. The van der Waals surface area contributed by atoms with E-state index in [-0.39, 0.29) is 17.2 Å². The third-order valence-electron chi connectivity index (χ3n) is 4.77. The molecule has 0 aliphatic rings. The quantitative estimate of drug-likeness (QED) is 0.382. The van der Waals surface area contributed by atoms with E-state index in [0.29, 0.717) is 16.8 Å². The highest BCUT2D eigenvalue weighted by molar-refractivity contribution is 9.10. The van der Waals surface area contributed by atoms with Crippen LogP contribution in [0, 0.1) is 0 Å². The van der Waals surface area contributed by atoms with Crippen molar-refractivity contribution < 1.29 is 13.2 Å². The van der Waals surface area contributed by atoms with Gasteiger partial charge in [0, 0.05) is 29.0 Å². The summed E-state index contributed by atoms with van der Waals surface area (Å²) in [5.74, 6) is -0.333. The number of sulfonamides is 1. The van der Waals surface area contributed by atoms with Crippen molar-refractivity contribution in [3.63, 3.8) is 0 Å². The summed E-state index contributed by atoms with van der Waals surface area (Å²) < 4.78 is 29.3. The van der Waals surface area contributed by atoms with Crippen LogP contribution >= 0.6 is 15.9 Å². The third-order valence-corrected chi connectivity index (χ3v) is 6.78. The van der Waals surface area contributed by atoms with Crippen molar-refractivity contribution in [2.24, 2.45) is 0 Å². The van der Waals surface area contributed by atoms with Gasteiger partial charge in [-0.15, -0.1) is 0 Å². The lowest BCUT2D eigenvalue weighted by molar-refractivity contribution is -0.116. The molecule has 0 bridgehead atoms. The first kappa shape index (κ1) is 22.1. The van der Waals surface area contributed by atoms with E-state index in [1.165, 1.54) is 12.1 Å². The van der Waals surface area contributed by atoms with Crippen molar-refractivity contribution in [2.75, 3.05) is 5.32 Å². The van der Waals surface area contributed by atoms with Crippen LogP contribution in [0.25, 0.3) is 11.0 Å². The van der Waals surface area contributed by atoms with Gasteiger partial charge < -0.3 is 5.32 Å². The van der Waals surface area contributed by atoms with Crippen LogP contribution in [0.5, 0.6) is 0 Å². The Morgan fingerprint density at radius 1 is 0.906 bits per heavy atom. The molecule has 1 unspecified atom stereocenters. The van der Waals surface area contributed by atoms with Crippen molar-refractivity contribution in [1.29, 1.82) is 0 Å². The summed E-state index contributed by atoms with van der Waals surface area (Å²) in [6.07, 6.45) is 3.09. The van der Waals surface area contributed by atoms with Gasteiger partial charge in [-0.2, -0.15) is 0 Å². The lowest BCUT2D eigenvalue weighted by Gasteiger charge is -2.19. The van der Waals surface area contributed by atoms with Crippen molar-refractivity contribution in [1.82, 2.24) is 14.7 Å². The lowest BCUT2D eigenvalue weighted by atomic mass is 10.0. The first-order chi connectivity index (χ1) is 15.4. The molecule has 2 N–H and O–H groups in total. The number of carbonyl (C=O) groups is 1. The van der Waals surface area contributed by atoms with Crippen LogP contribution in [-0.2, 0) is 14.8 Å². The molecule has 0 radical (unpaired) electrons. The standard InChI is InChI=1S/C23H19BrN4O3S/c24-17-6-9-19(10-7-17)32(30,31)28-21(16-4-2-1-3-5-16)15-23(29)27-18-8-11-20-22(14-18)26-13-12-25-20/h1-14,21,28H,15H2,(H,27,29). The van der Waals surface area contributed by atoms with Crippen LogP contribution in [0.1, 0.15) is 18.0 Å². The summed E-state index contributed by atoms with van der Waals surface area (Å²) in [6, 6.07) is 19.8. The second kappa shape index (κ2) is 9.56. The number of fused-ring (bicyclic) bond motifs is 1. The van der Waals surface area contributed by atoms with Crippen LogP contribution in [0.3, 0.4) is 0 Å². The van der Waals surface area contributed by atoms with Crippen LogP contribution < -0.4 is 10.0 Å². The highest BCUT2D eigenvalue weighted by atomic mass is 79.9. The first-order valence-corrected chi connectivity index (χ1v) is 12.0. The number of anilines is 1. The van der Waals surface area contributed by atoms with Crippen LogP contribution in [0.2, 0.25) is 0 Å². The normalized spacial score (nSPS) is 12.4. The molecule has 0 aliphatic carbocycles. The van der Waals surface area contributed by atoms with E-state index < -0.39 is 16.1 Å². The fraction of sp³-hybridized carbons (Fsp3) is 0.0870. The minimum absolute atomic E-state index is 0.0850. The molecule has 1 heterocycles. The number of hydrogen-bond donors (Lipinski definition) is 2. The molecule has 9 heteroatoms. The third kappa shape index (κ3) is 5.37. The van der Waals surface area contributed by atoms with Gasteiger partial charge in [-0.1, -0.05) is 46.3 Å². The first-order valence-electron chi connectivity index (χ1n) is 9.74. The van der Waals surface area contributed by atoms with E-state index in [2.05, 4.69) is 35.9 Å². The Morgan fingerprint density at radius 3 is 2.31 bits per heavy atom. The molecular weight excluding hydrogens is 492 g/mol. The number of carbonyl (C=O) groups excluding carboxylic acids is 1. The molecule has 1 aromatic heterocycles. The Kier molecular flexibility index (Phi) is 6.59. The number of amides is 1. The van der Waals surface area contributed by atoms with E-state index in [0.717, 1.165) is 9.99 Å². The minimum Gasteiger partial charge on any atom is -0.326 e. The van der Waals surface area contributed by atoms with Gasteiger partial charge >= 0.3 is 0 Å². The molecule has 0 spiro atoms. The summed E-state index contributed by atoms with van der Waals surface area (Å²) in [7, 11) is -3.84. The van der Waals surface area contributed by atoms with E-state index in [4.69, 9.17) is 0 Å². The zero-order chi connectivity index (χ0) is 22.6. The van der Waals surface area contributed by atoms with Gasteiger partial charge in [-0.05, 0) is 48.0 Å². The van der Waals surface area contributed by atoms with Crippen molar-refractivity contribution in [3.8, 4) is 0 Å². The number of benzene rings is 3. The average Bonchev–Trinajstić information content (AvgIpc) is 2.79. The lowest BCUT2D eigenvalue weighted by Crippen LogP contribution is -2.31. The number of nitrogens with zero attached hydrogens (tertiary/aromatic N) is 2. The van der Waals surface area contributed by atoms with Crippen LogP contribution in [0.15, 0.2) is 94.6 Å². The molecule has 0 fully saturated rings. The number of nitrogens with one attached hydrogen (secondary N) is 2. The summed E-state index contributed by atoms with van der Waals surface area (Å²) in [5.41, 5.74) is 2.62. The molecule has 3 aromatic carbocycles. The minimum atomic E-state index is -3.84. The summed E-state index contributed by atoms with van der Waals surface area (Å²) in [6.45, 7) is 0. The monoisotopic (exact) mass is 510 g/mol. The maximum Gasteiger partial charge on any atom is 0.241 e. The van der Waals surface area contributed by atoms with Gasteiger partial charge in [-0.25, -0.2) is 13.1 Å². The SMILES string of the molecule is O=C(CC(NS(=O)(=O)c1ccc(Br)cc1)c1ccccc1)Nc1ccc2nccnc2c1. The fourth-order valence-electron chi connectivity index (χ4n) is 3.22. The second-order valence-electron chi connectivity index (χ2n) is 7.05. The highest BCUT2D eigenvalue weighted by Gasteiger charge is 2.24. The molecule has 0 saturated heterocycles. The molecule has 0 aliphatic heterocycles. The molecule has 32 heavy (non-hydrogen) atoms. The predicted octanol–water partition coefficient (Wildman–Crippen LogP) is 4.44. The zero-order valence-corrected chi connectivity index (χ0v) is 19.2. The highest BCUT2D eigenvalue weighted by Crippen LogP contribution is 2.23. The molecule has 1 amide bonds. The Labute approximate surface area is 194 Å². The predicted molar refractivity (Wildman–Crippen MR) is 126 cm³/mol. The Morgan fingerprint density at radius 2 is 1.59 bits per heavy atom. The second-order valence-corrected chi connectivity index (χ2v) is 9.68. The molecule has 162 valence electrons. The van der Waals surface area contributed by atoms with E-state index in [1.807, 2.05) is 6.07 Å². The topological polar surface area (TPSA) is 101 Å². The maximum atomic E-state index is 12.9. The number of aromatic nitrogens is 2. The fourth-order valence-corrected chi connectivity index (χ4v) is 4.71. The van der Waals surface area contributed by atoms with Gasteiger partial charge in [0.2, 0.25) is 15.9 Å². The van der Waals surface area contributed by atoms with Crippen molar-refractivity contribution >= 4 is 48.6 Å². The van der Waals surface area contributed by atoms with Crippen LogP contribution in [0.4, 0.5) is 5.69 Å². The van der Waals surface area contributed by atoms with Crippen LogP contribution in [-0.4, -0.2) is 24.3 Å². The van der Waals surface area contributed by atoms with Crippen molar-refractivity contribution in [2.45, 2.75) is 17.4 Å². The molecule has 4 rings (SSSR count). The van der Waals surface area contributed by atoms with Gasteiger partial charge in [0.05, 0.1) is 22.0 Å².